The summed E-state index contributed by atoms with van der Waals surface area (Å²) in [5, 5.41) is 5.30. The number of hydrogen-bond acceptors (Lipinski definition) is 6. The maximum atomic E-state index is 13.1. The fourth-order valence-electron chi connectivity index (χ4n) is 3.97. The van der Waals surface area contributed by atoms with Gasteiger partial charge in [0.15, 0.2) is 0 Å². The zero-order valence-corrected chi connectivity index (χ0v) is 19.7. The van der Waals surface area contributed by atoms with E-state index >= 15 is 0 Å². The van der Waals surface area contributed by atoms with Gasteiger partial charge in [-0.3, -0.25) is 19.0 Å². The molecule has 1 saturated heterocycles. The Hall–Kier alpha value is -3.04. The summed E-state index contributed by atoms with van der Waals surface area (Å²) in [4.78, 5) is 45.0. The summed E-state index contributed by atoms with van der Waals surface area (Å²) in [5.41, 5.74) is 2.67. The van der Waals surface area contributed by atoms with Crippen LogP contribution in [0.15, 0.2) is 40.8 Å². The quantitative estimate of drug-likeness (QED) is 0.548. The normalized spacial score (nSPS) is 15.6. The lowest BCUT2D eigenvalue weighted by Crippen LogP contribution is -2.42. The number of hydrogen-bond donors (Lipinski definition) is 1. The number of fused-ring (bicyclic) bond motifs is 1. The van der Waals surface area contributed by atoms with Crippen LogP contribution in [0.5, 0.6) is 0 Å². The highest BCUT2D eigenvalue weighted by Crippen LogP contribution is 2.19. The molecule has 1 aliphatic rings. The van der Waals surface area contributed by atoms with E-state index in [0.29, 0.717) is 23.4 Å². The third-order valence-corrected chi connectivity index (χ3v) is 6.85. The van der Waals surface area contributed by atoms with Gasteiger partial charge in [0.25, 0.3) is 5.56 Å². The van der Waals surface area contributed by atoms with Crippen molar-refractivity contribution in [2.75, 3.05) is 25.0 Å². The Bertz CT molecular complexity index is 1210. The van der Waals surface area contributed by atoms with Gasteiger partial charge in [-0.1, -0.05) is 12.1 Å². The first-order valence-electron chi connectivity index (χ1n) is 11.1. The topological polar surface area (TPSA) is 93.5 Å². The van der Waals surface area contributed by atoms with Crippen molar-refractivity contribution in [3.63, 3.8) is 0 Å². The summed E-state index contributed by atoms with van der Waals surface area (Å²) in [6.45, 7) is 5.11. The molecule has 33 heavy (non-hydrogen) atoms. The molecule has 3 heterocycles. The molecular formula is C24H28N4O4S. The average Bonchev–Trinajstić information content (AvgIpc) is 3.48. The first-order valence-corrected chi connectivity index (χ1v) is 12.0. The molecule has 0 bridgehead atoms. The second-order valence-corrected chi connectivity index (χ2v) is 9.23. The molecule has 1 aliphatic heterocycles. The lowest BCUT2D eigenvalue weighted by atomic mass is 10.1. The molecule has 9 heteroatoms. The first-order chi connectivity index (χ1) is 15.9. The molecule has 3 aromatic rings. The van der Waals surface area contributed by atoms with Crippen LogP contribution in [0.4, 0.5) is 5.69 Å². The molecule has 0 spiro atoms. The van der Waals surface area contributed by atoms with Crippen LogP contribution < -0.4 is 10.9 Å². The predicted octanol–water partition coefficient (Wildman–Crippen LogP) is 3.11. The van der Waals surface area contributed by atoms with Gasteiger partial charge in [0.1, 0.15) is 4.83 Å². The van der Waals surface area contributed by atoms with Crippen LogP contribution in [0.3, 0.4) is 0 Å². The number of carbonyl (C=O) groups is 2. The van der Waals surface area contributed by atoms with Crippen molar-refractivity contribution in [1.29, 1.82) is 0 Å². The van der Waals surface area contributed by atoms with Gasteiger partial charge in [0.2, 0.25) is 11.8 Å². The summed E-state index contributed by atoms with van der Waals surface area (Å²) in [5.74, 6) is -0.451. The Morgan fingerprint density at radius 3 is 2.94 bits per heavy atom. The lowest BCUT2D eigenvalue weighted by molar-refractivity contribution is -0.136. The second-order valence-electron chi connectivity index (χ2n) is 8.34. The van der Waals surface area contributed by atoms with Crippen LogP contribution in [0, 0.1) is 13.8 Å². The van der Waals surface area contributed by atoms with Crippen LogP contribution >= 0.6 is 11.3 Å². The molecule has 0 radical (unpaired) electrons. The summed E-state index contributed by atoms with van der Waals surface area (Å²) >= 11 is 1.41. The Labute approximate surface area is 196 Å². The number of anilines is 1. The molecule has 2 aromatic heterocycles. The number of amides is 2. The van der Waals surface area contributed by atoms with E-state index in [1.54, 1.807) is 6.07 Å². The molecular weight excluding hydrogens is 440 g/mol. The van der Waals surface area contributed by atoms with Crippen molar-refractivity contribution in [2.24, 2.45) is 0 Å². The number of nitrogens with zero attached hydrogens (tertiary/aromatic N) is 3. The van der Waals surface area contributed by atoms with E-state index in [0.717, 1.165) is 29.7 Å². The van der Waals surface area contributed by atoms with Gasteiger partial charge in [0.05, 0.1) is 24.4 Å². The Kier molecular flexibility index (Phi) is 7.20. The predicted molar refractivity (Wildman–Crippen MR) is 129 cm³/mol. The van der Waals surface area contributed by atoms with Crippen LogP contribution in [-0.2, 0) is 20.9 Å². The Balaban J connectivity index is 1.44. The number of aromatic nitrogens is 2. The zero-order chi connectivity index (χ0) is 23.4. The van der Waals surface area contributed by atoms with E-state index in [2.05, 4.69) is 10.3 Å². The molecule has 1 aromatic carbocycles. The van der Waals surface area contributed by atoms with E-state index in [1.807, 2.05) is 37.4 Å². The monoisotopic (exact) mass is 468 g/mol. The number of thiophene rings is 1. The fraction of sp³-hybridized carbons (Fsp3) is 0.417. The van der Waals surface area contributed by atoms with Gasteiger partial charge in [-0.15, -0.1) is 11.3 Å². The summed E-state index contributed by atoms with van der Waals surface area (Å²) < 4.78 is 7.15. The van der Waals surface area contributed by atoms with Gasteiger partial charge in [-0.2, -0.15) is 0 Å². The second kappa shape index (κ2) is 10.3. The van der Waals surface area contributed by atoms with E-state index in [-0.39, 0.29) is 43.0 Å². The lowest BCUT2D eigenvalue weighted by Gasteiger charge is -2.25. The Morgan fingerprint density at radius 2 is 2.15 bits per heavy atom. The van der Waals surface area contributed by atoms with Crippen molar-refractivity contribution in [2.45, 2.75) is 45.8 Å². The van der Waals surface area contributed by atoms with Gasteiger partial charge >= 0.3 is 0 Å². The minimum Gasteiger partial charge on any atom is -0.376 e. The maximum Gasteiger partial charge on any atom is 0.262 e. The summed E-state index contributed by atoms with van der Waals surface area (Å²) in [6.07, 6.45) is 3.31. The summed E-state index contributed by atoms with van der Waals surface area (Å²) in [6, 6.07) is 7.48. The number of benzene rings is 1. The molecule has 8 nitrogen and oxygen atoms in total. The van der Waals surface area contributed by atoms with Crippen molar-refractivity contribution < 1.29 is 14.3 Å². The molecule has 174 valence electrons. The standard InChI is InChI=1S/C24H28N4O4S/c1-16-5-3-7-20(17(16)2)26-21(29)14-28(13-18-6-4-11-32-18)22(30)8-10-27-15-25-23-19(24(27)31)9-12-33-23/h3,5,7,9,12,15,18H,4,6,8,10-11,13-14H2,1-2H3,(H,26,29). The molecule has 1 atom stereocenters. The molecule has 2 amide bonds. The smallest absolute Gasteiger partial charge is 0.262 e. The highest BCUT2D eigenvalue weighted by molar-refractivity contribution is 7.16. The number of carbonyl (C=O) groups excluding carboxylic acids is 2. The van der Waals surface area contributed by atoms with Crippen molar-refractivity contribution in [3.05, 3.63) is 57.5 Å². The Morgan fingerprint density at radius 1 is 1.30 bits per heavy atom. The summed E-state index contributed by atoms with van der Waals surface area (Å²) in [7, 11) is 0. The van der Waals surface area contributed by atoms with Crippen molar-refractivity contribution in [3.8, 4) is 0 Å². The average molecular weight is 469 g/mol. The SMILES string of the molecule is Cc1cccc(NC(=O)CN(CC2CCCO2)C(=O)CCn2cnc3sccc3c2=O)c1C. The largest absolute Gasteiger partial charge is 0.376 e. The molecule has 4 rings (SSSR count). The van der Waals surface area contributed by atoms with E-state index in [4.69, 9.17) is 4.74 Å². The van der Waals surface area contributed by atoms with Gasteiger partial charge in [0, 0.05) is 31.8 Å². The third kappa shape index (κ3) is 5.48. The maximum absolute atomic E-state index is 13.1. The van der Waals surface area contributed by atoms with Crippen molar-refractivity contribution >= 4 is 39.1 Å². The van der Waals surface area contributed by atoms with Crippen LogP contribution in [-0.4, -0.2) is 52.1 Å². The molecule has 1 unspecified atom stereocenters. The number of rotatable bonds is 8. The van der Waals surface area contributed by atoms with Gasteiger partial charge < -0.3 is 15.0 Å². The molecule has 0 saturated carbocycles. The fourth-order valence-corrected chi connectivity index (χ4v) is 4.69. The van der Waals surface area contributed by atoms with E-state index in [9.17, 15) is 14.4 Å². The molecule has 1 fully saturated rings. The third-order valence-electron chi connectivity index (χ3n) is 6.03. The highest BCUT2D eigenvalue weighted by atomic mass is 32.1. The molecule has 1 N–H and O–H groups in total. The number of aryl methyl sites for hydroxylation is 2. The highest BCUT2D eigenvalue weighted by Gasteiger charge is 2.24. The van der Waals surface area contributed by atoms with Crippen LogP contribution in [0.1, 0.15) is 30.4 Å². The molecule has 0 aliphatic carbocycles. The minimum absolute atomic E-state index is 0.0667. The van der Waals surface area contributed by atoms with Crippen LogP contribution in [0.25, 0.3) is 10.2 Å². The van der Waals surface area contributed by atoms with Gasteiger partial charge in [-0.05, 0) is 55.3 Å². The minimum atomic E-state index is -0.256. The zero-order valence-electron chi connectivity index (χ0n) is 18.9. The number of ether oxygens (including phenoxy) is 1. The van der Waals surface area contributed by atoms with E-state index < -0.39 is 0 Å². The number of nitrogens with one attached hydrogen (secondary N) is 1. The first kappa shape index (κ1) is 23.1. The van der Waals surface area contributed by atoms with Crippen molar-refractivity contribution in [1.82, 2.24) is 14.5 Å². The van der Waals surface area contributed by atoms with E-state index in [1.165, 1.54) is 27.1 Å². The van der Waals surface area contributed by atoms with Crippen LogP contribution in [0.2, 0.25) is 0 Å². The van der Waals surface area contributed by atoms with Gasteiger partial charge in [-0.25, -0.2) is 4.98 Å².